The van der Waals surface area contributed by atoms with Crippen LogP contribution in [0.15, 0.2) is 29.2 Å². The Kier molecular flexibility index (Phi) is 8.14. The topological polar surface area (TPSA) is 21.3 Å². The van der Waals surface area contributed by atoms with E-state index >= 15 is 0 Å². The van der Waals surface area contributed by atoms with Gasteiger partial charge in [0.1, 0.15) is 6.61 Å². The molecule has 21 heavy (non-hydrogen) atoms. The van der Waals surface area contributed by atoms with Crippen LogP contribution in [0.2, 0.25) is 0 Å². The molecule has 0 radical (unpaired) electrons. The van der Waals surface area contributed by atoms with Gasteiger partial charge in [0, 0.05) is 17.2 Å². The van der Waals surface area contributed by atoms with Crippen molar-refractivity contribution in [2.45, 2.75) is 31.5 Å². The molecule has 0 fully saturated rings. The van der Waals surface area contributed by atoms with Gasteiger partial charge < -0.3 is 10.1 Å². The van der Waals surface area contributed by atoms with Gasteiger partial charge in [-0.1, -0.05) is 26.0 Å². The van der Waals surface area contributed by atoms with Crippen LogP contribution >= 0.6 is 11.8 Å². The maximum atomic E-state index is 11.9. The van der Waals surface area contributed by atoms with Gasteiger partial charge in [-0.25, -0.2) is 0 Å². The summed E-state index contributed by atoms with van der Waals surface area (Å²) in [6, 6.07) is 8.04. The second-order valence-corrected chi connectivity index (χ2v) is 6.35. The Balaban J connectivity index is 2.19. The van der Waals surface area contributed by atoms with Gasteiger partial charge in [0.2, 0.25) is 0 Å². The minimum Gasteiger partial charge on any atom is -0.371 e. The maximum absolute atomic E-state index is 11.9. The molecule has 0 amide bonds. The second-order valence-electron chi connectivity index (χ2n) is 5.18. The smallest absolute Gasteiger partial charge is 0.371 e. The molecule has 0 heterocycles. The van der Waals surface area contributed by atoms with E-state index in [-0.39, 0.29) is 6.61 Å². The fraction of sp³-hybridized carbons (Fsp3) is 0.600. The lowest BCUT2D eigenvalue weighted by Gasteiger charge is -2.09. The monoisotopic (exact) mass is 321 g/mol. The minimum absolute atomic E-state index is 0.0991. The Morgan fingerprint density at radius 1 is 1.19 bits per heavy atom. The van der Waals surface area contributed by atoms with E-state index in [0.29, 0.717) is 11.7 Å². The van der Waals surface area contributed by atoms with Gasteiger partial charge in [-0.3, -0.25) is 0 Å². The number of hydrogen-bond acceptors (Lipinski definition) is 3. The van der Waals surface area contributed by atoms with Crippen LogP contribution in [0.5, 0.6) is 0 Å². The summed E-state index contributed by atoms with van der Waals surface area (Å²) in [7, 11) is 0. The van der Waals surface area contributed by atoms with Crippen molar-refractivity contribution in [1.29, 1.82) is 0 Å². The normalized spacial score (nSPS) is 12.1. The van der Waals surface area contributed by atoms with Crippen LogP contribution in [0, 0.1) is 5.92 Å². The third-order valence-corrected chi connectivity index (χ3v) is 3.54. The third kappa shape index (κ3) is 9.77. The summed E-state index contributed by atoms with van der Waals surface area (Å²) in [6.07, 6.45) is -4.24. The first-order valence-corrected chi connectivity index (χ1v) is 7.92. The van der Waals surface area contributed by atoms with Gasteiger partial charge in [0.25, 0.3) is 0 Å². The summed E-state index contributed by atoms with van der Waals surface area (Å²) >= 11 is 1.50. The number of rotatable bonds is 9. The molecule has 0 saturated carbocycles. The van der Waals surface area contributed by atoms with Gasteiger partial charge in [0.05, 0.1) is 6.61 Å². The highest BCUT2D eigenvalue weighted by Gasteiger charge is 2.27. The fourth-order valence-corrected chi connectivity index (χ4v) is 2.38. The van der Waals surface area contributed by atoms with E-state index in [0.717, 1.165) is 18.0 Å². The molecule has 0 spiro atoms. The standard InChI is InChI=1S/C15H22F3NOS/c1-12(2)9-19-10-13-3-5-14(6-4-13)21-8-7-20-11-15(16,17)18/h3-6,12,19H,7-11H2,1-2H3. The molecule has 0 atom stereocenters. The fourth-order valence-electron chi connectivity index (χ4n) is 1.62. The summed E-state index contributed by atoms with van der Waals surface area (Å²) in [4.78, 5) is 1.04. The summed E-state index contributed by atoms with van der Waals surface area (Å²) < 4.78 is 40.2. The molecule has 0 aromatic heterocycles. The van der Waals surface area contributed by atoms with Crippen molar-refractivity contribution in [3.8, 4) is 0 Å². The lowest BCUT2D eigenvalue weighted by atomic mass is 10.2. The molecule has 0 unspecified atom stereocenters. The number of thioether (sulfide) groups is 1. The number of nitrogens with one attached hydrogen (secondary N) is 1. The van der Waals surface area contributed by atoms with Crippen molar-refractivity contribution in [2.75, 3.05) is 25.5 Å². The molecule has 1 rings (SSSR count). The van der Waals surface area contributed by atoms with E-state index in [9.17, 15) is 13.2 Å². The zero-order chi connectivity index (χ0) is 15.7. The van der Waals surface area contributed by atoms with Gasteiger partial charge >= 0.3 is 6.18 Å². The minimum atomic E-state index is -4.24. The average Bonchev–Trinajstić information content (AvgIpc) is 2.38. The Bertz CT molecular complexity index is 393. The number of hydrogen-bond donors (Lipinski definition) is 1. The summed E-state index contributed by atoms with van der Waals surface area (Å²) in [5, 5.41) is 3.36. The van der Waals surface area contributed by atoms with Crippen molar-refractivity contribution >= 4 is 11.8 Å². The highest BCUT2D eigenvalue weighted by molar-refractivity contribution is 7.99. The maximum Gasteiger partial charge on any atom is 0.411 e. The van der Waals surface area contributed by atoms with E-state index in [1.54, 1.807) is 0 Å². The second kappa shape index (κ2) is 9.33. The zero-order valence-electron chi connectivity index (χ0n) is 12.4. The molecule has 6 heteroatoms. The van der Waals surface area contributed by atoms with E-state index in [1.165, 1.54) is 17.3 Å². The molecule has 0 aliphatic heterocycles. The van der Waals surface area contributed by atoms with Crippen LogP contribution in [0.1, 0.15) is 19.4 Å². The first-order chi connectivity index (χ1) is 9.87. The Hall–Kier alpha value is -0.720. The highest BCUT2D eigenvalue weighted by atomic mass is 32.2. The average molecular weight is 321 g/mol. The summed E-state index contributed by atoms with van der Waals surface area (Å²) in [5.74, 6) is 1.14. The van der Waals surface area contributed by atoms with Crippen molar-refractivity contribution in [1.82, 2.24) is 5.32 Å². The van der Waals surface area contributed by atoms with Crippen molar-refractivity contribution < 1.29 is 17.9 Å². The van der Waals surface area contributed by atoms with Crippen LogP contribution in [0.25, 0.3) is 0 Å². The summed E-state index contributed by atoms with van der Waals surface area (Å²) in [5.41, 5.74) is 1.20. The number of halogens is 3. The molecule has 1 N–H and O–H groups in total. The van der Waals surface area contributed by atoms with Gasteiger partial charge in [-0.2, -0.15) is 13.2 Å². The zero-order valence-corrected chi connectivity index (χ0v) is 13.2. The number of benzene rings is 1. The highest BCUT2D eigenvalue weighted by Crippen LogP contribution is 2.19. The van der Waals surface area contributed by atoms with E-state index in [1.807, 2.05) is 24.3 Å². The molecule has 0 bridgehead atoms. The summed E-state index contributed by atoms with van der Waals surface area (Å²) in [6.45, 7) is 5.06. The van der Waals surface area contributed by atoms with Crippen molar-refractivity contribution in [2.24, 2.45) is 5.92 Å². The van der Waals surface area contributed by atoms with Crippen molar-refractivity contribution in [3.63, 3.8) is 0 Å². The first-order valence-electron chi connectivity index (χ1n) is 6.94. The molecular weight excluding hydrogens is 299 g/mol. The van der Waals surface area contributed by atoms with Crippen LogP contribution < -0.4 is 5.32 Å². The van der Waals surface area contributed by atoms with Crippen LogP contribution in [0.4, 0.5) is 13.2 Å². The number of alkyl halides is 3. The lowest BCUT2D eigenvalue weighted by molar-refractivity contribution is -0.172. The Labute approximate surface area is 128 Å². The SMILES string of the molecule is CC(C)CNCc1ccc(SCCOCC(F)(F)F)cc1. The Morgan fingerprint density at radius 2 is 1.86 bits per heavy atom. The van der Waals surface area contributed by atoms with Gasteiger partial charge in [0.15, 0.2) is 0 Å². The molecule has 0 saturated heterocycles. The largest absolute Gasteiger partial charge is 0.411 e. The van der Waals surface area contributed by atoms with Crippen LogP contribution in [0.3, 0.4) is 0 Å². The van der Waals surface area contributed by atoms with Gasteiger partial charge in [-0.05, 0) is 30.2 Å². The lowest BCUT2D eigenvalue weighted by Crippen LogP contribution is -2.18. The predicted molar refractivity (Wildman–Crippen MR) is 80.6 cm³/mol. The quantitative estimate of drug-likeness (QED) is 0.546. The molecule has 1 aromatic carbocycles. The number of ether oxygens (including phenoxy) is 1. The Morgan fingerprint density at radius 3 is 2.43 bits per heavy atom. The molecule has 2 nitrogen and oxygen atoms in total. The van der Waals surface area contributed by atoms with E-state index in [4.69, 9.17) is 0 Å². The molecule has 120 valence electrons. The molecular formula is C15H22F3NOS. The van der Waals surface area contributed by atoms with Gasteiger partial charge in [-0.15, -0.1) is 11.8 Å². The molecule has 1 aromatic rings. The molecule has 0 aliphatic carbocycles. The van der Waals surface area contributed by atoms with Crippen LogP contribution in [-0.4, -0.2) is 31.7 Å². The first kappa shape index (κ1) is 18.3. The van der Waals surface area contributed by atoms with Crippen LogP contribution in [-0.2, 0) is 11.3 Å². The third-order valence-electron chi connectivity index (χ3n) is 2.57. The predicted octanol–water partition coefficient (Wildman–Crippen LogP) is 4.10. The van der Waals surface area contributed by atoms with E-state index in [2.05, 4.69) is 23.9 Å². The van der Waals surface area contributed by atoms with E-state index < -0.39 is 12.8 Å². The molecule has 0 aliphatic rings. The van der Waals surface area contributed by atoms with Crippen molar-refractivity contribution in [3.05, 3.63) is 29.8 Å².